The van der Waals surface area contributed by atoms with E-state index in [-0.39, 0.29) is 11.9 Å². The number of allylic oxidation sites excluding steroid dienone is 4. The van der Waals surface area contributed by atoms with E-state index in [9.17, 15) is 9.59 Å². The van der Waals surface area contributed by atoms with Crippen molar-refractivity contribution in [3.63, 3.8) is 0 Å². The molecule has 0 aliphatic heterocycles. The molecule has 0 aliphatic carbocycles. The average Bonchev–Trinajstić information content (AvgIpc) is 3.79. The lowest BCUT2D eigenvalue weighted by Gasteiger charge is -2.09. The van der Waals surface area contributed by atoms with Crippen LogP contribution in [0.5, 0.6) is 11.5 Å². The highest BCUT2D eigenvalue weighted by Gasteiger charge is 2.17. The van der Waals surface area contributed by atoms with E-state index in [1.54, 1.807) is 0 Å². The molecule has 0 amide bonds. The fourth-order valence-corrected chi connectivity index (χ4v) is 9.08. The highest BCUT2D eigenvalue weighted by molar-refractivity contribution is 6.00. The van der Waals surface area contributed by atoms with Crippen LogP contribution < -0.4 is 9.47 Å². The van der Waals surface area contributed by atoms with Crippen molar-refractivity contribution in [3.8, 4) is 33.8 Å². The van der Waals surface area contributed by atoms with E-state index in [1.165, 1.54) is 141 Å². The van der Waals surface area contributed by atoms with E-state index in [0.717, 1.165) is 104 Å². The molecule has 1 heterocycles. The van der Waals surface area contributed by atoms with Gasteiger partial charge in [-0.2, -0.15) is 15.0 Å². The van der Waals surface area contributed by atoms with Gasteiger partial charge in [0.25, 0.3) is 0 Å². The number of nitrogens with zero attached hydrogens (tertiary/aromatic N) is 3. The number of unbranched alkanes of at least 4 members (excludes halogenated alkanes) is 27. The Bertz CT molecular complexity index is 1860. The van der Waals surface area contributed by atoms with E-state index in [2.05, 4.69) is 57.2 Å². The molecule has 4 aromatic rings. The number of hydrogen-bond donors (Lipinski definition) is 0. The first-order chi connectivity index (χ1) is 34.0. The number of benzene rings is 3. The summed E-state index contributed by atoms with van der Waals surface area (Å²) < 4.78 is 11.5. The monoisotopic (exact) mass is 944 g/mol. The van der Waals surface area contributed by atoms with Gasteiger partial charge in [0, 0.05) is 24.0 Å². The first-order valence-corrected chi connectivity index (χ1v) is 28.3. The summed E-state index contributed by atoms with van der Waals surface area (Å²) in [7, 11) is 0. The van der Waals surface area contributed by atoms with Crippen molar-refractivity contribution in [3.05, 3.63) is 85.0 Å². The Morgan fingerprint density at radius 2 is 0.696 bits per heavy atom. The first kappa shape index (κ1) is 57.1. The molecule has 0 saturated carbocycles. The number of esters is 2. The lowest BCUT2D eigenvalue weighted by molar-refractivity contribution is -0.135. The summed E-state index contributed by atoms with van der Waals surface area (Å²) in [4.78, 5) is 27.3. The van der Waals surface area contributed by atoms with Crippen LogP contribution in [0, 0.1) is 0 Å². The molecule has 0 radical (unpaired) electrons. The largest absolute Gasteiger partial charge is 0.427 e. The maximum atomic E-state index is 12.7. The number of aryl methyl sites for hydroxylation is 1. The normalized spacial score (nSPS) is 11.7. The molecule has 380 valence electrons. The summed E-state index contributed by atoms with van der Waals surface area (Å²) in [6, 6.07) is 19.8. The smallest absolute Gasteiger partial charge is 0.311 e. The van der Waals surface area contributed by atoms with Gasteiger partial charge in [0.05, 0.1) is 6.54 Å². The van der Waals surface area contributed by atoms with E-state index in [4.69, 9.17) is 19.7 Å². The van der Waals surface area contributed by atoms with Crippen molar-refractivity contribution in [2.24, 2.45) is 0 Å². The fraction of sp³-hybridized carbons (Fsp3) is 0.613. The number of rotatable bonds is 41. The molecule has 0 N–H and O–H groups in total. The predicted octanol–water partition coefficient (Wildman–Crippen LogP) is 19.0. The van der Waals surface area contributed by atoms with Crippen LogP contribution >= 0.6 is 0 Å². The third kappa shape index (κ3) is 24.7. The molecule has 3 aromatic carbocycles. The molecule has 69 heavy (non-hydrogen) atoms. The van der Waals surface area contributed by atoms with E-state index >= 15 is 0 Å². The average molecular weight is 944 g/mol. The molecule has 0 bridgehead atoms. The van der Waals surface area contributed by atoms with Crippen molar-refractivity contribution in [2.75, 3.05) is 0 Å². The van der Waals surface area contributed by atoms with Crippen molar-refractivity contribution < 1.29 is 19.1 Å². The number of hydrogen-bond acceptors (Lipinski definition) is 6. The quantitative estimate of drug-likeness (QED) is 0.0191. The molecule has 4 rings (SSSR count). The minimum Gasteiger partial charge on any atom is -0.427 e. The van der Waals surface area contributed by atoms with E-state index < -0.39 is 0 Å². The van der Waals surface area contributed by atoms with Gasteiger partial charge in [0.15, 0.2) is 0 Å². The summed E-state index contributed by atoms with van der Waals surface area (Å²) in [6.45, 7) is 7.55. The highest BCUT2D eigenvalue weighted by Crippen LogP contribution is 2.35. The van der Waals surface area contributed by atoms with Crippen LogP contribution in [0.1, 0.15) is 239 Å². The van der Waals surface area contributed by atoms with Crippen molar-refractivity contribution >= 4 is 23.0 Å². The molecule has 7 heteroatoms. The summed E-state index contributed by atoms with van der Waals surface area (Å²) in [5, 5.41) is 10.1. The molecule has 0 spiro atoms. The lowest BCUT2D eigenvalue weighted by atomic mass is 9.98. The summed E-state index contributed by atoms with van der Waals surface area (Å²) in [5.41, 5.74) is 5.61. The minimum atomic E-state index is -0.177. The zero-order valence-electron chi connectivity index (χ0n) is 43.8. The molecule has 0 aliphatic rings. The molecule has 0 atom stereocenters. The van der Waals surface area contributed by atoms with Gasteiger partial charge in [-0.15, -0.1) is 0 Å². The van der Waals surface area contributed by atoms with Crippen molar-refractivity contribution in [2.45, 2.75) is 246 Å². The standard InChI is InChI=1S/C62H93N3O4/c1-4-7-10-13-16-18-20-22-24-26-28-30-32-34-37-40-59(66)68-55-46-42-53(43-47-55)57-50-51-58(62-61(57)63-65(64-62)52-39-36-15-12-9-6-3)54-44-48-56(49-45-54)69-60(67)41-38-35-33-31-29-27-25-23-21-19-17-14-11-8-5-2/h22-25,42-51H,4-21,26-41,52H2,1-3H3/b24-22-,25-23-. The van der Waals surface area contributed by atoms with Crippen LogP contribution in [0.2, 0.25) is 0 Å². The zero-order chi connectivity index (χ0) is 48.8. The second kappa shape index (κ2) is 37.3. The van der Waals surface area contributed by atoms with Gasteiger partial charge < -0.3 is 9.47 Å². The molecular formula is C62H93N3O4. The Balaban J connectivity index is 1.22. The van der Waals surface area contributed by atoms with Crippen LogP contribution in [0.15, 0.2) is 85.0 Å². The van der Waals surface area contributed by atoms with Crippen LogP contribution in [-0.2, 0) is 16.1 Å². The third-order valence-electron chi connectivity index (χ3n) is 13.4. The molecule has 0 saturated heterocycles. The Labute approximate surface area is 419 Å². The summed E-state index contributed by atoms with van der Waals surface area (Å²) >= 11 is 0. The SMILES string of the molecule is CCCCCCCC/C=C\CCCCCCCC(=O)Oc1ccc(-c2ccc(-c3ccc(OC(=O)CCCCCCC/C=C\CCCCCCCC)cc3)c3nn(CCCCCCCC)nc23)cc1. The number of aromatic nitrogens is 3. The van der Waals surface area contributed by atoms with Gasteiger partial charge in [-0.05, 0) is 106 Å². The molecule has 1 aromatic heterocycles. The number of carbonyl (C=O) groups is 2. The van der Waals surface area contributed by atoms with Crippen molar-refractivity contribution in [1.29, 1.82) is 0 Å². The van der Waals surface area contributed by atoms with Gasteiger partial charge in [-0.3, -0.25) is 9.59 Å². The van der Waals surface area contributed by atoms with Gasteiger partial charge in [-0.25, -0.2) is 0 Å². The molecule has 0 unspecified atom stereocenters. The fourth-order valence-electron chi connectivity index (χ4n) is 9.08. The number of carbonyl (C=O) groups excluding carboxylic acids is 2. The second-order valence-electron chi connectivity index (χ2n) is 19.6. The number of ether oxygens (including phenoxy) is 2. The van der Waals surface area contributed by atoms with Crippen LogP contribution in [0.4, 0.5) is 0 Å². The molecule has 0 fully saturated rings. The molecule has 7 nitrogen and oxygen atoms in total. The lowest BCUT2D eigenvalue weighted by Crippen LogP contribution is -2.07. The molecular weight excluding hydrogens is 851 g/mol. The summed E-state index contributed by atoms with van der Waals surface area (Å²) in [5.74, 6) is 0.766. The summed E-state index contributed by atoms with van der Waals surface area (Å²) in [6.07, 6.45) is 49.5. The first-order valence-electron chi connectivity index (χ1n) is 28.3. The van der Waals surface area contributed by atoms with Crippen LogP contribution in [0.25, 0.3) is 33.3 Å². The van der Waals surface area contributed by atoms with Gasteiger partial charge in [-0.1, -0.05) is 216 Å². The van der Waals surface area contributed by atoms with E-state index in [1.807, 2.05) is 53.3 Å². The van der Waals surface area contributed by atoms with E-state index in [0.29, 0.717) is 24.3 Å². The maximum absolute atomic E-state index is 12.7. The van der Waals surface area contributed by atoms with Crippen LogP contribution in [0.3, 0.4) is 0 Å². The second-order valence-corrected chi connectivity index (χ2v) is 19.6. The third-order valence-corrected chi connectivity index (χ3v) is 13.4. The predicted molar refractivity (Wildman–Crippen MR) is 292 cm³/mol. The van der Waals surface area contributed by atoms with Crippen LogP contribution in [-0.4, -0.2) is 26.9 Å². The Morgan fingerprint density at radius 3 is 1.04 bits per heavy atom. The van der Waals surface area contributed by atoms with Gasteiger partial charge >= 0.3 is 11.9 Å². The Hall–Kier alpha value is -4.52. The van der Waals surface area contributed by atoms with Gasteiger partial charge in [0.1, 0.15) is 22.5 Å². The maximum Gasteiger partial charge on any atom is 0.311 e. The Morgan fingerprint density at radius 1 is 0.391 bits per heavy atom. The number of fused-ring (bicyclic) bond motifs is 1. The highest BCUT2D eigenvalue weighted by atomic mass is 16.5. The van der Waals surface area contributed by atoms with Gasteiger partial charge in [0.2, 0.25) is 0 Å². The topological polar surface area (TPSA) is 83.3 Å². The minimum absolute atomic E-state index is 0.177. The zero-order valence-corrected chi connectivity index (χ0v) is 43.8. The van der Waals surface area contributed by atoms with Crippen molar-refractivity contribution in [1.82, 2.24) is 15.0 Å². The Kier molecular flexibility index (Phi) is 30.9.